The summed E-state index contributed by atoms with van der Waals surface area (Å²) in [5, 5.41) is 10.3. The van der Waals surface area contributed by atoms with E-state index >= 15 is 0 Å². The van der Waals surface area contributed by atoms with Crippen molar-refractivity contribution in [3.8, 4) is 0 Å². The molecule has 0 aromatic heterocycles. The number of unbranched alkanes of at least 4 members (excludes halogenated alkanes) is 3. The predicted molar refractivity (Wildman–Crippen MR) is 75.1 cm³/mol. The second kappa shape index (κ2) is 11.8. The van der Waals surface area contributed by atoms with Gasteiger partial charge in [0.2, 0.25) is 0 Å². The summed E-state index contributed by atoms with van der Waals surface area (Å²) in [5.41, 5.74) is 4.67. The van der Waals surface area contributed by atoms with Crippen LogP contribution in [0.15, 0.2) is 0 Å². The molecule has 0 heterocycles. The van der Waals surface area contributed by atoms with Crippen LogP contribution in [0.4, 0.5) is 4.79 Å². The Hall–Kier alpha value is -1.30. The molecule has 0 aromatic rings. The third kappa shape index (κ3) is 22.4. The minimum Gasteiger partial charge on any atom is -0.480 e. The maximum atomic E-state index is 10.8. The van der Waals surface area contributed by atoms with Crippen LogP contribution in [0, 0.1) is 0 Å². The first kappa shape index (κ1) is 20.0. The van der Waals surface area contributed by atoms with Gasteiger partial charge in [-0.05, 0) is 33.7 Å². The fourth-order valence-corrected chi connectivity index (χ4v) is 1.03. The summed E-state index contributed by atoms with van der Waals surface area (Å²) in [6, 6.07) is 0. The van der Waals surface area contributed by atoms with Crippen molar-refractivity contribution in [3.63, 3.8) is 0 Å². The molecule has 0 spiro atoms. The zero-order valence-electron chi connectivity index (χ0n) is 12.5. The minimum absolute atomic E-state index is 0.422. The largest absolute Gasteiger partial charge is 0.480 e. The highest BCUT2D eigenvalue weighted by Crippen LogP contribution is 2.05. The van der Waals surface area contributed by atoms with Crippen LogP contribution in [0.2, 0.25) is 0 Å². The number of amides is 1. The van der Waals surface area contributed by atoms with E-state index in [1.807, 2.05) is 0 Å². The van der Waals surface area contributed by atoms with Crippen molar-refractivity contribution in [1.29, 1.82) is 0 Å². The second-order valence-electron chi connectivity index (χ2n) is 5.10. The monoisotopic (exact) mass is 276 g/mol. The Morgan fingerprint density at radius 2 is 1.79 bits per heavy atom. The Morgan fingerprint density at radius 3 is 2.16 bits per heavy atom. The number of carbonyl (C=O) groups excluding carboxylic acids is 1. The van der Waals surface area contributed by atoms with Crippen molar-refractivity contribution in [2.45, 2.75) is 59.0 Å². The van der Waals surface area contributed by atoms with Gasteiger partial charge >= 0.3 is 12.1 Å². The lowest BCUT2D eigenvalue weighted by molar-refractivity contribution is -0.136. The maximum absolute atomic E-state index is 10.8. The Balaban J connectivity index is 0. The highest BCUT2D eigenvalue weighted by molar-refractivity contribution is 5.76. The number of carboxylic acid groups (broad SMARTS) is 1. The van der Waals surface area contributed by atoms with Crippen LogP contribution in [0.3, 0.4) is 0 Å². The summed E-state index contributed by atoms with van der Waals surface area (Å²) in [4.78, 5) is 20.8. The lowest BCUT2D eigenvalue weighted by atomic mass is 10.2. The summed E-state index contributed by atoms with van der Waals surface area (Å²) < 4.78 is 4.77. The van der Waals surface area contributed by atoms with Gasteiger partial charge in [-0.25, -0.2) is 4.79 Å². The molecule has 0 rings (SSSR count). The molecule has 0 aliphatic heterocycles. The first-order valence-corrected chi connectivity index (χ1v) is 6.61. The van der Waals surface area contributed by atoms with Crippen LogP contribution in [0.1, 0.15) is 53.4 Å². The van der Waals surface area contributed by atoms with Crippen LogP contribution in [0.25, 0.3) is 0 Å². The number of carbonyl (C=O) groups is 2. The topological polar surface area (TPSA) is 102 Å². The molecule has 0 atom stereocenters. The molecule has 1 amide bonds. The zero-order valence-corrected chi connectivity index (χ0v) is 12.5. The Morgan fingerprint density at radius 1 is 1.21 bits per heavy atom. The number of hydrogen-bond acceptors (Lipinski definition) is 4. The second-order valence-corrected chi connectivity index (χ2v) is 5.10. The molecule has 0 saturated carbocycles. The fourth-order valence-electron chi connectivity index (χ4n) is 1.03. The number of aliphatic carboxylic acids is 1. The molecular formula is C13H28N2O4. The SMILES string of the molecule is CC(C)(C)OC(=O)NCC(=O)O.CCCCCCN. The normalized spacial score (nSPS) is 10.2. The third-order valence-corrected chi connectivity index (χ3v) is 1.84. The number of hydrogen-bond donors (Lipinski definition) is 3. The van der Waals surface area contributed by atoms with Gasteiger partial charge in [0.25, 0.3) is 0 Å². The van der Waals surface area contributed by atoms with E-state index in [1.54, 1.807) is 20.8 Å². The van der Waals surface area contributed by atoms with Crippen molar-refractivity contribution in [2.75, 3.05) is 13.1 Å². The summed E-state index contributed by atoms with van der Waals surface area (Å²) in [5.74, 6) is -1.10. The van der Waals surface area contributed by atoms with Gasteiger partial charge < -0.3 is 20.9 Å². The number of nitrogens with two attached hydrogens (primary N) is 1. The Bertz CT molecular complexity index is 246. The number of carboxylic acids is 1. The zero-order chi connectivity index (χ0) is 15.3. The molecule has 6 heteroatoms. The molecule has 0 aromatic carbocycles. The lowest BCUT2D eigenvalue weighted by Crippen LogP contribution is -2.35. The van der Waals surface area contributed by atoms with E-state index in [1.165, 1.54) is 25.7 Å². The summed E-state index contributed by atoms with van der Waals surface area (Å²) >= 11 is 0. The molecule has 0 fully saturated rings. The van der Waals surface area contributed by atoms with E-state index < -0.39 is 24.2 Å². The molecule has 6 nitrogen and oxygen atoms in total. The summed E-state index contributed by atoms with van der Waals surface area (Å²) in [7, 11) is 0. The lowest BCUT2D eigenvalue weighted by Gasteiger charge is -2.19. The standard InChI is InChI=1S/C7H13NO4.C6H15N/c1-7(2,3)12-6(11)8-4-5(9)10;1-2-3-4-5-6-7/h4H2,1-3H3,(H,8,11)(H,9,10);2-7H2,1H3. The van der Waals surface area contributed by atoms with Gasteiger partial charge in [-0.1, -0.05) is 26.2 Å². The Kier molecular flexibility index (Phi) is 12.4. The van der Waals surface area contributed by atoms with E-state index in [4.69, 9.17) is 15.6 Å². The smallest absolute Gasteiger partial charge is 0.408 e. The molecule has 4 N–H and O–H groups in total. The van der Waals surface area contributed by atoms with Crippen molar-refractivity contribution in [2.24, 2.45) is 5.73 Å². The molecule has 0 aliphatic rings. The fraction of sp³-hybridized carbons (Fsp3) is 0.846. The van der Waals surface area contributed by atoms with Gasteiger partial charge in [0.05, 0.1) is 0 Å². The first-order chi connectivity index (χ1) is 8.72. The Labute approximate surface area is 115 Å². The van der Waals surface area contributed by atoms with Crippen LogP contribution in [0.5, 0.6) is 0 Å². The van der Waals surface area contributed by atoms with Gasteiger partial charge in [-0.3, -0.25) is 4.79 Å². The quantitative estimate of drug-likeness (QED) is 0.645. The molecule has 0 radical (unpaired) electrons. The van der Waals surface area contributed by atoms with Gasteiger partial charge in [0, 0.05) is 0 Å². The average molecular weight is 276 g/mol. The molecule has 0 saturated heterocycles. The van der Waals surface area contributed by atoms with Gasteiger partial charge in [-0.2, -0.15) is 0 Å². The van der Waals surface area contributed by atoms with E-state index in [-0.39, 0.29) is 0 Å². The van der Waals surface area contributed by atoms with E-state index in [9.17, 15) is 9.59 Å². The van der Waals surface area contributed by atoms with Crippen molar-refractivity contribution < 1.29 is 19.4 Å². The highest BCUT2D eigenvalue weighted by atomic mass is 16.6. The average Bonchev–Trinajstić information content (AvgIpc) is 2.26. The van der Waals surface area contributed by atoms with Gasteiger partial charge in [0.1, 0.15) is 12.1 Å². The molecule has 114 valence electrons. The van der Waals surface area contributed by atoms with Crippen molar-refractivity contribution >= 4 is 12.1 Å². The number of nitrogens with one attached hydrogen (secondary N) is 1. The third-order valence-electron chi connectivity index (χ3n) is 1.84. The molecule has 19 heavy (non-hydrogen) atoms. The molecule has 0 aliphatic carbocycles. The van der Waals surface area contributed by atoms with E-state index in [2.05, 4.69) is 12.2 Å². The van der Waals surface area contributed by atoms with E-state index in [0.717, 1.165) is 6.54 Å². The minimum atomic E-state index is -1.10. The predicted octanol–water partition coefficient (Wildman–Crippen LogP) is 2.12. The first-order valence-electron chi connectivity index (χ1n) is 6.61. The van der Waals surface area contributed by atoms with Crippen molar-refractivity contribution in [3.05, 3.63) is 0 Å². The molecule has 0 bridgehead atoms. The molecule has 0 unspecified atom stereocenters. The van der Waals surface area contributed by atoms with Crippen LogP contribution in [-0.4, -0.2) is 35.9 Å². The number of rotatable bonds is 6. The van der Waals surface area contributed by atoms with E-state index in [0.29, 0.717) is 0 Å². The van der Waals surface area contributed by atoms with Crippen LogP contribution in [-0.2, 0) is 9.53 Å². The summed E-state index contributed by atoms with van der Waals surface area (Å²) in [6.45, 7) is 7.75. The maximum Gasteiger partial charge on any atom is 0.408 e. The van der Waals surface area contributed by atoms with Gasteiger partial charge in [-0.15, -0.1) is 0 Å². The van der Waals surface area contributed by atoms with Crippen LogP contribution >= 0.6 is 0 Å². The van der Waals surface area contributed by atoms with Crippen molar-refractivity contribution in [1.82, 2.24) is 5.32 Å². The highest BCUT2D eigenvalue weighted by Gasteiger charge is 2.15. The number of ether oxygens (including phenoxy) is 1. The number of alkyl carbamates (subject to hydrolysis) is 1. The summed E-state index contributed by atoms with van der Waals surface area (Å²) in [6.07, 6.45) is 4.45. The molecular weight excluding hydrogens is 248 g/mol. The van der Waals surface area contributed by atoms with Gasteiger partial charge in [0.15, 0.2) is 0 Å². The van der Waals surface area contributed by atoms with Crippen LogP contribution < -0.4 is 11.1 Å².